The molecule has 2 amide bonds. The first kappa shape index (κ1) is 33.3. The van der Waals surface area contributed by atoms with Crippen LogP contribution in [0, 0.1) is 12.7 Å². The zero-order valence-corrected chi connectivity index (χ0v) is 27.7. The van der Waals surface area contributed by atoms with Gasteiger partial charge in [-0.05, 0) is 92.9 Å². The van der Waals surface area contributed by atoms with E-state index >= 15 is 0 Å². The molecule has 1 aliphatic carbocycles. The molecule has 1 saturated carbocycles. The third-order valence-corrected chi connectivity index (χ3v) is 9.29. The predicted octanol–water partition coefficient (Wildman–Crippen LogP) is 5.03. The molecule has 0 unspecified atom stereocenters. The SMILES string of the molecule is Cc1cc(C(=O)N[C@H]2CC[C@@H](NC(=O)c3cc(F)cnc3Oc3cccc(-c4ccc(CCCN5CCNCC5)cc4)c3)CC2)nn1C. The smallest absolute Gasteiger partial charge is 0.272 e. The molecular formula is C37H44FN7O3. The first-order chi connectivity index (χ1) is 23.3. The maximum atomic E-state index is 14.3. The molecule has 2 aromatic carbocycles. The van der Waals surface area contributed by atoms with Gasteiger partial charge in [0.15, 0.2) is 0 Å². The van der Waals surface area contributed by atoms with Gasteiger partial charge in [0.05, 0.1) is 6.20 Å². The number of aromatic nitrogens is 3. The predicted molar refractivity (Wildman–Crippen MR) is 183 cm³/mol. The van der Waals surface area contributed by atoms with Crippen LogP contribution < -0.4 is 20.7 Å². The zero-order valence-electron chi connectivity index (χ0n) is 27.7. The summed E-state index contributed by atoms with van der Waals surface area (Å²) in [6.45, 7) is 7.40. The van der Waals surface area contributed by atoms with Gasteiger partial charge in [-0.15, -0.1) is 0 Å². The van der Waals surface area contributed by atoms with Crippen molar-refractivity contribution in [1.82, 2.24) is 35.6 Å². The van der Waals surface area contributed by atoms with E-state index in [9.17, 15) is 14.0 Å². The molecule has 11 heteroatoms. The van der Waals surface area contributed by atoms with Crippen LogP contribution in [0.15, 0.2) is 66.9 Å². The number of hydrogen-bond acceptors (Lipinski definition) is 7. The number of halogens is 1. The normalized spacial score (nSPS) is 18.3. The van der Waals surface area contributed by atoms with E-state index in [1.54, 1.807) is 23.9 Å². The van der Waals surface area contributed by atoms with Gasteiger partial charge < -0.3 is 25.6 Å². The van der Waals surface area contributed by atoms with Crippen LogP contribution in [0.3, 0.4) is 0 Å². The minimum Gasteiger partial charge on any atom is -0.438 e. The summed E-state index contributed by atoms with van der Waals surface area (Å²) < 4.78 is 22.1. The van der Waals surface area contributed by atoms with E-state index in [0.29, 0.717) is 37.1 Å². The average Bonchev–Trinajstić information content (AvgIpc) is 3.45. The number of ether oxygens (including phenoxy) is 1. The Bertz CT molecular complexity index is 1690. The second-order valence-corrected chi connectivity index (χ2v) is 12.8. The van der Waals surface area contributed by atoms with E-state index in [-0.39, 0.29) is 29.4 Å². The highest BCUT2D eigenvalue weighted by Gasteiger charge is 2.26. The van der Waals surface area contributed by atoms with Gasteiger partial charge in [0.1, 0.15) is 22.8 Å². The lowest BCUT2D eigenvalue weighted by molar-refractivity contribution is 0.0887. The molecule has 2 aromatic heterocycles. The van der Waals surface area contributed by atoms with Crippen LogP contribution >= 0.6 is 0 Å². The molecule has 0 radical (unpaired) electrons. The summed E-state index contributed by atoms with van der Waals surface area (Å²) in [6, 6.07) is 19.0. The highest BCUT2D eigenvalue weighted by atomic mass is 19.1. The van der Waals surface area contributed by atoms with E-state index in [1.807, 2.05) is 25.1 Å². The second-order valence-electron chi connectivity index (χ2n) is 12.8. The molecule has 3 N–H and O–H groups in total. The molecule has 2 fully saturated rings. The number of carbonyl (C=O) groups excluding carboxylic acids is 2. The van der Waals surface area contributed by atoms with Crippen molar-refractivity contribution in [1.29, 1.82) is 0 Å². The quantitative estimate of drug-likeness (QED) is 0.208. The van der Waals surface area contributed by atoms with Gasteiger partial charge in [0.2, 0.25) is 5.88 Å². The molecule has 0 bridgehead atoms. The van der Waals surface area contributed by atoms with Crippen molar-refractivity contribution in [3.63, 3.8) is 0 Å². The number of nitrogens with one attached hydrogen (secondary N) is 3. The van der Waals surface area contributed by atoms with Gasteiger partial charge in [-0.2, -0.15) is 5.10 Å². The summed E-state index contributed by atoms with van der Waals surface area (Å²) >= 11 is 0. The fraction of sp³-hybridized carbons (Fsp3) is 0.405. The average molecular weight is 654 g/mol. The molecule has 6 rings (SSSR count). The van der Waals surface area contributed by atoms with E-state index in [1.165, 1.54) is 5.56 Å². The number of piperazine rings is 1. The number of pyridine rings is 1. The molecular weight excluding hydrogens is 609 g/mol. The monoisotopic (exact) mass is 653 g/mol. The maximum Gasteiger partial charge on any atom is 0.272 e. The van der Waals surface area contributed by atoms with Gasteiger partial charge in [-0.25, -0.2) is 9.37 Å². The van der Waals surface area contributed by atoms with Crippen LogP contribution in [0.25, 0.3) is 11.1 Å². The zero-order chi connectivity index (χ0) is 33.5. The Hall–Kier alpha value is -4.61. The number of carbonyl (C=O) groups is 2. The van der Waals surface area contributed by atoms with E-state index < -0.39 is 11.7 Å². The van der Waals surface area contributed by atoms with Crippen LogP contribution in [-0.2, 0) is 13.5 Å². The van der Waals surface area contributed by atoms with Gasteiger partial charge in [0.25, 0.3) is 11.8 Å². The summed E-state index contributed by atoms with van der Waals surface area (Å²) in [5.41, 5.74) is 4.67. The van der Waals surface area contributed by atoms with Gasteiger partial charge in [0, 0.05) is 51.0 Å². The summed E-state index contributed by atoms with van der Waals surface area (Å²) in [4.78, 5) is 32.6. The first-order valence-electron chi connectivity index (χ1n) is 16.9. The second kappa shape index (κ2) is 15.5. The van der Waals surface area contributed by atoms with Crippen molar-refractivity contribution in [3.05, 3.63) is 95.2 Å². The van der Waals surface area contributed by atoms with Crippen molar-refractivity contribution in [2.75, 3.05) is 32.7 Å². The molecule has 10 nitrogen and oxygen atoms in total. The lowest BCUT2D eigenvalue weighted by Crippen LogP contribution is -2.44. The molecule has 4 aromatic rings. The third kappa shape index (κ3) is 8.64. The van der Waals surface area contributed by atoms with Crippen molar-refractivity contribution in [2.45, 2.75) is 57.5 Å². The van der Waals surface area contributed by atoms with Crippen LogP contribution in [0.1, 0.15) is 64.2 Å². The molecule has 3 heterocycles. The lowest BCUT2D eigenvalue weighted by Gasteiger charge is -2.29. The Balaban J connectivity index is 1.03. The molecule has 0 spiro atoms. The van der Waals surface area contributed by atoms with Crippen LogP contribution in [0.2, 0.25) is 0 Å². The number of benzene rings is 2. The Morgan fingerprint density at radius 2 is 1.65 bits per heavy atom. The highest BCUT2D eigenvalue weighted by Crippen LogP contribution is 2.29. The third-order valence-electron chi connectivity index (χ3n) is 9.29. The van der Waals surface area contributed by atoms with Gasteiger partial charge in [-0.3, -0.25) is 14.3 Å². The standard InChI is InChI=1S/C37H44FN7O3/c1-25-21-34(43-44(25)2)36(47)42-31-14-12-30(13-15-31)41-35(46)33-23-29(38)24-40-37(33)48-32-7-3-6-28(22-32)27-10-8-26(9-11-27)5-4-18-45-19-16-39-17-20-45/h3,6-11,21-24,30-31,39H,4-5,12-20H2,1-2H3,(H,41,46)(H,42,47)/t30-,31+. The highest BCUT2D eigenvalue weighted by molar-refractivity contribution is 5.96. The van der Waals surface area contributed by atoms with Crippen LogP contribution in [0.4, 0.5) is 4.39 Å². The first-order valence-corrected chi connectivity index (χ1v) is 16.9. The molecule has 1 saturated heterocycles. The maximum absolute atomic E-state index is 14.3. The topological polar surface area (TPSA) is 113 Å². The minimum absolute atomic E-state index is 0.00595. The van der Waals surface area contributed by atoms with E-state index in [2.05, 4.69) is 55.2 Å². The number of nitrogens with zero attached hydrogens (tertiary/aromatic N) is 4. The van der Waals surface area contributed by atoms with Crippen molar-refractivity contribution >= 4 is 11.8 Å². The Kier molecular flexibility index (Phi) is 10.8. The van der Waals surface area contributed by atoms with Gasteiger partial charge in [-0.1, -0.05) is 36.4 Å². The molecule has 1 aliphatic heterocycles. The summed E-state index contributed by atoms with van der Waals surface area (Å²) in [7, 11) is 1.80. The molecule has 48 heavy (non-hydrogen) atoms. The van der Waals surface area contributed by atoms with Crippen LogP contribution in [0.5, 0.6) is 11.6 Å². The minimum atomic E-state index is -0.620. The summed E-state index contributed by atoms with van der Waals surface area (Å²) in [6.07, 6.45) is 5.98. The number of amides is 2. The molecule has 2 aliphatic rings. The Labute approximate surface area is 281 Å². The number of hydrogen-bond donors (Lipinski definition) is 3. The fourth-order valence-electron chi connectivity index (χ4n) is 6.40. The lowest BCUT2D eigenvalue weighted by atomic mass is 9.91. The number of aryl methyl sites for hydroxylation is 3. The van der Waals surface area contributed by atoms with Crippen molar-refractivity contribution in [3.8, 4) is 22.8 Å². The summed E-state index contributed by atoms with van der Waals surface area (Å²) in [5, 5.41) is 13.7. The fourth-order valence-corrected chi connectivity index (χ4v) is 6.40. The number of rotatable bonds is 11. The summed E-state index contributed by atoms with van der Waals surface area (Å²) in [5.74, 6) is -0.725. The molecule has 0 atom stereocenters. The largest absolute Gasteiger partial charge is 0.438 e. The van der Waals surface area contributed by atoms with Crippen LogP contribution in [-0.4, -0.2) is 76.3 Å². The van der Waals surface area contributed by atoms with Crippen molar-refractivity contribution in [2.24, 2.45) is 7.05 Å². The Morgan fingerprint density at radius 3 is 2.33 bits per heavy atom. The molecule has 252 valence electrons. The Morgan fingerprint density at radius 1 is 0.938 bits per heavy atom. The van der Waals surface area contributed by atoms with E-state index in [0.717, 1.165) is 74.6 Å². The van der Waals surface area contributed by atoms with Gasteiger partial charge >= 0.3 is 0 Å². The van der Waals surface area contributed by atoms with Crippen molar-refractivity contribution < 1.29 is 18.7 Å². The van der Waals surface area contributed by atoms with E-state index in [4.69, 9.17) is 4.74 Å².